The molecule has 2 rings (SSSR count). The van der Waals surface area contributed by atoms with Crippen molar-refractivity contribution < 1.29 is 0 Å². The second-order valence-electron chi connectivity index (χ2n) is 5.34. The number of rotatable bonds is 3. The van der Waals surface area contributed by atoms with E-state index in [4.69, 9.17) is 0 Å². The molecule has 2 aromatic rings. The zero-order valence-corrected chi connectivity index (χ0v) is 12.9. The van der Waals surface area contributed by atoms with Gasteiger partial charge in [-0.3, -0.25) is 0 Å². The molecule has 0 radical (unpaired) electrons. The van der Waals surface area contributed by atoms with Crippen molar-refractivity contribution in [2.24, 2.45) is 0 Å². The number of thiophene rings is 1. The smallest absolute Gasteiger partial charge is 0.0884 e. The van der Waals surface area contributed by atoms with Crippen molar-refractivity contribution in [3.63, 3.8) is 0 Å². The Morgan fingerprint density at radius 2 is 1.83 bits per heavy atom. The van der Waals surface area contributed by atoms with Gasteiger partial charge in [-0.25, -0.2) is 0 Å². The van der Waals surface area contributed by atoms with Gasteiger partial charge in [0.15, 0.2) is 0 Å². The van der Waals surface area contributed by atoms with Crippen LogP contribution in [0.1, 0.15) is 11.1 Å². The highest BCUT2D eigenvalue weighted by atomic mass is 32.1. The van der Waals surface area contributed by atoms with Gasteiger partial charge in [0, 0.05) is 0 Å². The van der Waals surface area contributed by atoms with Gasteiger partial charge in [-0.05, 0) is 39.2 Å². The number of hydrogen-bond acceptors (Lipinski definition) is 1. The van der Waals surface area contributed by atoms with Crippen LogP contribution in [0.15, 0.2) is 52.9 Å². The van der Waals surface area contributed by atoms with Crippen LogP contribution < -0.4 is 0 Å². The fourth-order valence-corrected chi connectivity index (χ4v) is 4.12. The Labute approximate surface area is 114 Å². The molecule has 0 bridgehead atoms. The Bertz CT molecular complexity index is 553. The molecule has 0 spiro atoms. The van der Waals surface area contributed by atoms with Crippen LogP contribution >= 0.6 is 11.3 Å². The van der Waals surface area contributed by atoms with Crippen molar-refractivity contribution in [2.45, 2.75) is 19.6 Å². The predicted octanol–water partition coefficient (Wildman–Crippen LogP) is 5.32. The molecule has 0 aliphatic rings. The fourth-order valence-electron chi connectivity index (χ4n) is 1.84. The Kier molecular flexibility index (Phi) is 4.03. The van der Waals surface area contributed by atoms with E-state index in [0.717, 1.165) is 0 Å². The minimum Gasteiger partial charge on any atom is -0.152 e. The third kappa shape index (κ3) is 3.33. The highest BCUT2D eigenvalue weighted by Gasteiger charge is 2.21. The molecule has 1 aromatic heterocycles. The summed E-state index contributed by atoms with van der Waals surface area (Å²) in [6, 6.07) is 12.6. The quantitative estimate of drug-likeness (QED) is 0.523. The predicted molar refractivity (Wildman–Crippen MR) is 85.5 cm³/mol. The van der Waals surface area contributed by atoms with Gasteiger partial charge in [-0.1, -0.05) is 50.0 Å². The molecule has 2 heteroatoms. The summed E-state index contributed by atoms with van der Waals surface area (Å²) in [4.78, 5) is 0. The second-order valence-corrected chi connectivity index (χ2v) is 11.1. The second kappa shape index (κ2) is 5.53. The Morgan fingerprint density at radius 1 is 1.11 bits per heavy atom. The molecule has 0 fully saturated rings. The average molecular weight is 270 g/mol. The standard InChI is InChI=1S/C16H18SSi/c1-18(2,3)16(15-11-12-17-13-15)10-9-14-7-5-4-6-8-14/h4-9,11-13H,1-3H3. The summed E-state index contributed by atoms with van der Waals surface area (Å²) in [5, 5.41) is 5.76. The molecular weight excluding hydrogens is 252 g/mol. The molecular formula is C16H18SSi. The first-order chi connectivity index (χ1) is 8.57. The lowest BCUT2D eigenvalue weighted by Crippen LogP contribution is -2.21. The van der Waals surface area contributed by atoms with Gasteiger partial charge in [-0.2, -0.15) is 11.3 Å². The van der Waals surface area contributed by atoms with Crippen LogP contribution in [-0.2, 0) is 0 Å². The van der Waals surface area contributed by atoms with Gasteiger partial charge >= 0.3 is 0 Å². The van der Waals surface area contributed by atoms with Crippen LogP contribution in [0, 0.1) is 0 Å². The van der Waals surface area contributed by atoms with Crippen LogP contribution in [0.2, 0.25) is 19.6 Å². The van der Waals surface area contributed by atoms with E-state index in [0.29, 0.717) is 0 Å². The highest BCUT2D eigenvalue weighted by molar-refractivity contribution is 7.08. The molecule has 0 unspecified atom stereocenters. The molecule has 0 atom stereocenters. The molecule has 0 saturated heterocycles. The molecule has 92 valence electrons. The summed E-state index contributed by atoms with van der Waals surface area (Å²) in [7, 11) is -1.36. The lowest BCUT2D eigenvalue weighted by atomic mass is 10.2. The van der Waals surface area contributed by atoms with Crippen molar-refractivity contribution in [3.8, 4) is 0 Å². The van der Waals surface area contributed by atoms with E-state index in [1.807, 2.05) is 6.07 Å². The first-order valence-corrected chi connectivity index (χ1v) is 10.6. The summed E-state index contributed by atoms with van der Waals surface area (Å²) in [6.07, 6.45) is 2.10. The Morgan fingerprint density at radius 3 is 2.39 bits per heavy atom. The average Bonchev–Trinajstić information content (AvgIpc) is 2.82. The van der Waals surface area contributed by atoms with Crippen LogP contribution in [0.25, 0.3) is 11.3 Å². The summed E-state index contributed by atoms with van der Waals surface area (Å²) in [6.45, 7) is 7.10. The maximum atomic E-state index is 3.54. The molecule has 0 aliphatic heterocycles. The van der Waals surface area contributed by atoms with Crippen LogP contribution in [0.4, 0.5) is 0 Å². The number of benzene rings is 1. The molecule has 0 aliphatic carbocycles. The Hall–Kier alpha value is -1.34. The van der Waals surface area contributed by atoms with Crippen molar-refractivity contribution in [1.82, 2.24) is 0 Å². The lowest BCUT2D eigenvalue weighted by Gasteiger charge is -2.17. The van der Waals surface area contributed by atoms with Crippen molar-refractivity contribution in [1.29, 1.82) is 0 Å². The third-order valence-corrected chi connectivity index (χ3v) is 5.36. The zero-order valence-electron chi connectivity index (χ0n) is 11.1. The topological polar surface area (TPSA) is 0 Å². The van der Waals surface area contributed by atoms with E-state index >= 15 is 0 Å². The molecule has 18 heavy (non-hydrogen) atoms. The molecule has 1 heterocycles. The van der Waals surface area contributed by atoms with Gasteiger partial charge < -0.3 is 0 Å². The fraction of sp³-hybridized carbons (Fsp3) is 0.188. The third-order valence-electron chi connectivity index (χ3n) is 2.74. The van der Waals surface area contributed by atoms with Gasteiger partial charge in [0.1, 0.15) is 0 Å². The molecule has 0 saturated carbocycles. The van der Waals surface area contributed by atoms with E-state index in [-0.39, 0.29) is 0 Å². The maximum absolute atomic E-state index is 3.54. The van der Waals surface area contributed by atoms with Crippen molar-refractivity contribution in [2.75, 3.05) is 0 Å². The Balaban J connectivity index is 2.45. The van der Waals surface area contributed by atoms with Gasteiger partial charge in [0.25, 0.3) is 0 Å². The SMILES string of the molecule is C[Si](C)(C)C(=C=Cc1ccccc1)c1ccsc1. The molecule has 0 N–H and O–H groups in total. The molecule has 1 aromatic carbocycles. The van der Waals surface area contributed by atoms with E-state index in [9.17, 15) is 0 Å². The normalized spacial score (nSPS) is 10.8. The first-order valence-electron chi connectivity index (χ1n) is 6.12. The first kappa shape index (κ1) is 13.1. The van der Waals surface area contributed by atoms with Crippen LogP contribution in [0.3, 0.4) is 0 Å². The lowest BCUT2D eigenvalue weighted by molar-refractivity contribution is 1.66. The molecule has 0 amide bonds. The van der Waals surface area contributed by atoms with Crippen molar-refractivity contribution in [3.05, 3.63) is 64.0 Å². The zero-order chi connectivity index (χ0) is 13.0. The monoisotopic (exact) mass is 270 g/mol. The summed E-state index contributed by atoms with van der Waals surface area (Å²) >= 11 is 1.75. The van der Waals surface area contributed by atoms with Gasteiger partial charge in [0.2, 0.25) is 0 Å². The van der Waals surface area contributed by atoms with Gasteiger partial charge in [-0.15, -0.1) is 5.73 Å². The summed E-state index contributed by atoms with van der Waals surface area (Å²) in [5.74, 6) is 0. The van der Waals surface area contributed by atoms with Crippen molar-refractivity contribution >= 4 is 30.7 Å². The summed E-state index contributed by atoms with van der Waals surface area (Å²) in [5.41, 5.74) is 6.09. The van der Waals surface area contributed by atoms with E-state index in [1.54, 1.807) is 11.3 Å². The highest BCUT2D eigenvalue weighted by Crippen LogP contribution is 2.26. The van der Waals surface area contributed by atoms with Crippen LogP contribution in [-0.4, -0.2) is 8.07 Å². The maximum Gasteiger partial charge on any atom is 0.0884 e. The minimum absolute atomic E-state index is 1.21. The van der Waals surface area contributed by atoms with Gasteiger partial charge in [0.05, 0.1) is 8.07 Å². The van der Waals surface area contributed by atoms with E-state index < -0.39 is 8.07 Å². The number of hydrogen-bond donors (Lipinski definition) is 0. The molecule has 0 nitrogen and oxygen atoms in total. The van der Waals surface area contributed by atoms with Crippen LogP contribution in [0.5, 0.6) is 0 Å². The van der Waals surface area contributed by atoms with E-state index in [2.05, 4.69) is 72.5 Å². The summed E-state index contributed by atoms with van der Waals surface area (Å²) < 4.78 is 0. The minimum atomic E-state index is -1.36. The largest absolute Gasteiger partial charge is 0.152 e. The van der Waals surface area contributed by atoms with E-state index in [1.165, 1.54) is 16.3 Å².